The summed E-state index contributed by atoms with van der Waals surface area (Å²) in [5.74, 6) is -0.0625. The minimum Gasteiger partial charge on any atom is -0.512 e. The molecular weight excluding hydrogens is 605 g/mol. The first-order chi connectivity index (χ1) is 15.5. The van der Waals surface area contributed by atoms with Crippen LogP contribution in [0.3, 0.4) is 0 Å². The fourth-order valence-corrected chi connectivity index (χ4v) is 10.5. The van der Waals surface area contributed by atoms with E-state index in [2.05, 4.69) is 77.9 Å². The van der Waals surface area contributed by atoms with E-state index in [1.54, 1.807) is 0 Å². The maximum absolute atomic E-state index is 10.0. The molecule has 4 heterocycles. The first-order valence-electron chi connectivity index (χ1n) is 10.5. The molecule has 6 rings (SSSR count). The van der Waals surface area contributed by atoms with E-state index in [1.807, 2.05) is 12.4 Å². The fourth-order valence-electron chi connectivity index (χ4n) is 5.01. The average Bonchev–Trinajstić information content (AvgIpc) is 3.26. The third-order valence-electron chi connectivity index (χ3n) is 5.98. The van der Waals surface area contributed by atoms with Gasteiger partial charge in [0, 0.05) is 32.4 Å². The molecule has 0 saturated carbocycles. The summed E-state index contributed by atoms with van der Waals surface area (Å²) in [6.07, 6.45) is 8.16. The van der Waals surface area contributed by atoms with Crippen molar-refractivity contribution in [1.29, 1.82) is 0 Å². The molecule has 33 heavy (non-hydrogen) atoms. The Labute approximate surface area is 207 Å². The van der Waals surface area contributed by atoms with Crippen molar-refractivity contribution in [3.63, 3.8) is 0 Å². The van der Waals surface area contributed by atoms with Crippen molar-refractivity contribution >= 4 is 34.6 Å². The van der Waals surface area contributed by atoms with Gasteiger partial charge >= 0.3 is 0 Å². The number of ketones is 1. The van der Waals surface area contributed by atoms with Crippen LogP contribution < -0.4 is 20.7 Å². The Kier molecular flexibility index (Phi) is 6.26. The number of nitrogens with zero attached hydrogens (tertiary/aromatic N) is 2. The number of carbonyl (C=O) groups is 1. The number of hydrogen-bond acceptors (Lipinski definition) is 4. The fraction of sp³-hybridized carbons (Fsp3) is 0.0741. The third-order valence-corrected chi connectivity index (χ3v) is 10.9. The second kappa shape index (κ2) is 8.98. The molecule has 0 amide bonds. The summed E-state index contributed by atoms with van der Waals surface area (Å²) >= 11 is 0. The van der Waals surface area contributed by atoms with Crippen molar-refractivity contribution < 1.29 is 30.0 Å². The molecule has 4 nitrogen and oxygen atoms in total. The van der Waals surface area contributed by atoms with Gasteiger partial charge in [-0.1, -0.05) is 66.0 Å². The molecule has 2 aromatic carbocycles. The molecule has 0 saturated heterocycles. The van der Waals surface area contributed by atoms with Gasteiger partial charge < -0.3 is 15.1 Å². The van der Waals surface area contributed by atoms with E-state index < -0.39 is 8.07 Å². The molecule has 0 atom stereocenters. The molecular formula is C27H21IrN2O2Si-. The molecule has 0 fully saturated rings. The summed E-state index contributed by atoms with van der Waals surface area (Å²) in [5, 5.41) is 14.0. The van der Waals surface area contributed by atoms with Gasteiger partial charge in [0.2, 0.25) is 0 Å². The van der Waals surface area contributed by atoms with Crippen LogP contribution in [0.4, 0.5) is 0 Å². The zero-order valence-corrected chi connectivity index (χ0v) is 21.6. The number of rotatable bonds is 1. The second-order valence-electron chi connectivity index (χ2n) is 7.98. The van der Waals surface area contributed by atoms with Crippen molar-refractivity contribution in [3.8, 4) is 22.4 Å². The monoisotopic (exact) mass is 626 g/mol. The van der Waals surface area contributed by atoms with Crippen LogP contribution in [0.5, 0.6) is 0 Å². The number of aliphatic hydroxyl groups excluding tert-OH is 1. The van der Waals surface area contributed by atoms with Crippen molar-refractivity contribution in [3.05, 3.63) is 97.2 Å². The van der Waals surface area contributed by atoms with Crippen LogP contribution in [-0.4, -0.2) is 28.9 Å². The predicted molar refractivity (Wildman–Crippen MR) is 130 cm³/mol. The van der Waals surface area contributed by atoms with Crippen LogP contribution in [0.15, 0.2) is 91.0 Å². The minimum atomic E-state index is -2.29. The van der Waals surface area contributed by atoms with Crippen molar-refractivity contribution in [2.45, 2.75) is 13.8 Å². The smallest absolute Gasteiger partial charge is 0.155 e. The normalized spacial score (nSPS) is 13.6. The maximum atomic E-state index is 10.0. The van der Waals surface area contributed by atoms with Gasteiger partial charge in [-0.25, -0.2) is 0 Å². The summed E-state index contributed by atoms with van der Waals surface area (Å²) in [4.78, 5) is 19.0. The van der Waals surface area contributed by atoms with E-state index in [4.69, 9.17) is 10.1 Å². The van der Waals surface area contributed by atoms with Crippen molar-refractivity contribution in [2.75, 3.05) is 0 Å². The first kappa shape index (κ1) is 23.0. The average molecular weight is 626 g/mol. The van der Waals surface area contributed by atoms with Crippen LogP contribution in [0.2, 0.25) is 0 Å². The topological polar surface area (TPSA) is 63.1 Å². The summed E-state index contributed by atoms with van der Waals surface area (Å²) in [7, 11) is -2.29. The quantitative estimate of drug-likeness (QED) is 0.132. The standard InChI is InChI=1S/C22H13N2Si.C5H8O2.Ir/c1-3-8-18-15(6-1)16-7-2-4-9-19(16)25(18)20-11-13-23-14-17(20)22-21(25)10-5-12-24-22;1-4(6)3-5(2)7;/h1-13H;3,6H,1-2H3;/q-1;;/b;4-3-;. The van der Waals surface area contributed by atoms with Gasteiger partial charge in [0.05, 0.1) is 5.76 Å². The van der Waals surface area contributed by atoms with Crippen LogP contribution in [0.25, 0.3) is 22.4 Å². The van der Waals surface area contributed by atoms with Crippen LogP contribution in [0, 0.1) is 6.20 Å². The van der Waals surface area contributed by atoms with Gasteiger partial charge in [0.15, 0.2) is 5.78 Å². The minimum absolute atomic E-state index is 0. The van der Waals surface area contributed by atoms with E-state index in [9.17, 15) is 4.79 Å². The van der Waals surface area contributed by atoms with Crippen molar-refractivity contribution in [1.82, 2.24) is 9.97 Å². The third kappa shape index (κ3) is 3.51. The molecule has 2 aliphatic heterocycles. The Bertz CT molecular complexity index is 1210. The van der Waals surface area contributed by atoms with Gasteiger partial charge in [-0.3, -0.25) is 4.79 Å². The van der Waals surface area contributed by atoms with Gasteiger partial charge in [0.25, 0.3) is 0 Å². The summed E-state index contributed by atoms with van der Waals surface area (Å²) < 4.78 is 0. The Morgan fingerprint density at radius 3 is 2.03 bits per heavy atom. The summed E-state index contributed by atoms with van der Waals surface area (Å²) in [5.41, 5.74) is 4.87. The molecule has 2 aromatic heterocycles. The number of hydrogen-bond donors (Lipinski definition) is 1. The molecule has 165 valence electrons. The van der Waals surface area contributed by atoms with Gasteiger partial charge in [-0.15, -0.1) is 16.8 Å². The van der Waals surface area contributed by atoms with E-state index >= 15 is 0 Å². The molecule has 1 radical (unpaired) electrons. The summed E-state index contributed by atoms with van der Waals surface area (Å²) in [6, 6.07) is 24.3. The van der Waals surface area contributed by atoms with E-state index in [0.29, 0.717) is 0 Å². The number of pyridine rings is 2. The number of carbonyl (C=O) groups excluding carboxylic acids is 1. The van der Waals surface area contributed by atoms with E-state index in [0.717, 1.165) is 11.3 Å². The van der Waals surface area contributed by atoms with Crippen molar-refractivity contribution in [2.24, 2.45) is 0 Å². The number of aromatic nitrogens is 2. The maximum Gasteiger partial charge on any atom is 0.155 e. The molecule has 1 N–H and O–H groups in total. The Balaban J connectivity index is 0.000000287. The van der Waals surface area contributed by atoms with Crippen LogP contribution in [-0.2, 0) is 24.9 Å². The Morgan fingerprint density at radius 2 is 1.45 bits per heavy atom. The molecule has 6 heteroatoms. The number of fused-ring (bicyclic) bond motifs is 10. The molecule has 0 unspecified atom stereocenters. The van der Waals surface area contributed by atoms with Crippen LogP contribution in [0.1, 0.15) is 13.8 Å². The molecule has 0 bridgehead atoms. The molecule has 4 aromatic rings. The molecule has 2 aliphatic rings. The van der Waals surface area contributed by atoms with Gasteiger partial charge in [-0.2, -0.15) is 0 Å². The SMILES string of the molecule is CC(=O)/C=C(/C)O.[Ir].[c-]1nccc2c1-c1ncccc1[Si]21c2ccccc2-c2ccccc21. The zero-order valence-electron chi connectivity index (χ0n) is 18.2. The van der Waals surface area contributed by atoms with E-state index in [-0.39, 0.29) is 31.6 Å². The Morgan fingerprint density at radius 1 is 0.848 bits per heavy atom. The van der Waals surface area contributed by atoms with Gasteiger partial charge in [-0.05, 0) is 53.3 Å². The summed E-state index contributed by atoms with van der Waals surface area (Å²) in [6.45, 7) is 2.85. The first-order valence-corrected chi connectivity index (χ1v) is 12.5. The van der Waals surface area contributed by atoms with Gasteiger partial charge in [0.1, 0.15) is 8.07 Å². The molecule has 1 spiro atoms. The number of aliphatic hydroxyl groups is 1. The largest absolute Gasteiger partial charge is 0.512 e. The number of allylic oxidation sites excluding steroid dienone is 2. The predicted octanol–water partition coefficient (Wildman–Crippen LogP) is 2.65. The van der Waals surface area contributed by atoms with Crippen LogP contribution >= 0.6 is 0 Å². The number of benzene rings is 2. The second-order valence-corrected chi connectivity index (χ2v) is 11.6. The zero-order chi connectivity index (χ0) is 22.3. The van der Waals surface area contributed by atoms with E-state index in [1.165, 1.54) is 51.8 Å². The molecule has 0 aliphatic carbocycles. The Hall–Kier alpha value is -3.18.